The van der Waals surface area contributed by atoms with E-state index < -0.39 is 23.6 Å². The Hall–Kier alpha value is -2.64. The molecule has 0 bridgehead atoms. The van der Waals surface area contributed by atoms with Crippen LogP contribution in [0.15, 0.2) is 23.9 Å². The van der Waals surface area contributed by atoms with Gasteiger partial charge in [0.25, 0.3) is 0 Å². The molecule has 1 unspecified atom stereocenters. The van der Waals surface area contributed by atoms with Crippen molar-refractivity contribution in [3.8, 4) is 0 Å². The number of aliphatic carboxylic acids is 1. The zero-order valence-electron chi connectivity index (χ0n) is 12.0. The highest BCUT2D eigenvalue weighted by Crippen LogP contribution is 2.09. The molecule has 2 N–H and O–H groups in total. The van der Waals surface area contributed by atoms with Crippen molar-refractivity contribution in [1.82, 2.24) is 10.2 Å². The van der Waals surface area contributed by atoms with Gasteiger partial charge < -0.3 is 20.1 Å². The zero-order chi connectivity index (χ0) is 16.0. The molecule has 0 aromatic carbocycles. The first-order chi connectivity index (χ1) is 9.81. The van der Waals surface area contributed by atoms with Gasteiger partial charge in [0.2, 0.25) is 0 Å². The van der Waals surface area contributed by atoms with Gasteiger partial charge in [0.1, 0.15) is 0 Å². The van der Waals surface area contributed by atoms with E-state index >= 15 is 0 Å². The number of nitrogens with one attached hydrogen (secondary N) is 1. The lowest BCUT2D eigenvalue weighted by atomic mass is 10.3. The van der Waals surface area contributed by atoms with Crippen molar-refractivity contribution in [1.29, 1.82) is 0 Å². The third-order valence-electron chi connectivity index (χ3n) is 2.23. The molecule has 0 aliphatic rings. The third-order valence-corrected chi connectivity index (χ3v) is 2.23. The number of esters is 1. The predicted octanol–water partition coefficient (Wildman–Crippen LogP) is 0.689. The van der Waals surface area contributed by atoms with Crippen LogP contribution in [-0.4, -0.2) is 47.4 Å². The number of hydrogen-bond donors (Lipinski definition) is 2. The number of carbonyl (C=O) groups excluding carboxylic acids is 1. The summed E-state index contributed by atoms with van der Waals surface area (Å²) in [5.74, 6) is -1.44. The zero-order valence-corrected chi connectivity index (χ0v) is 12.0. The first-order valence-corrected chi connectivity index (χ1v) is 6.06. The maximum absolute atomic E-state index is 11.6. The summed E-state index contributed by atoms with van der Waals surface area (Å²) < 4.78 is 4.73. The molecular weight excluding hydrogens is 276 g/mol. The Kier molecular flexibility index (Phi) is 5.65. The van der Waals surface area contributed by atoms with Gasteiger partial charge in [-0.25, -0.2) is 9.59 Å². The van der Waals surface area contributed by atoms with Gasteiger partial charge in [-0.05, 0) is 26.0 Å². The second kappa shape index (κ2) is 7.22. The van der Waals surface area contributed by atoms with E-state index in [0.29, 0.717) is 11.6 Å². The number of carboxylic acids is 1. The Morgan fingerprint density at radius 3 is 2.52 bits per heavy atom. The molecule has 0 aliphatic heterocycles. The van der Waals surface area contributed by atoms with Crippen molar-refractivity contribution in [3.05, 3.63) is 30.8 Å². The number of rotatable bonds is 6. The van der Waals surface area contributed by atoms with Gasteiger partial charge in [-0.3, -0.25) is 0 Å². The molecule has 0 saturated heterocycles. The van der Waals surface area contributed by atoms with Gasteiger partial charge in [-0.1, -0.05) is 0 Å². The quantitative estimate of drug-likeness (QED) is 0.341. The van der Waals surface area contributed by atoms with Crippen molar-refractivity contribution in [2.75, 3.05) is 24.3 Å². The molecule has 1 heterocycles. The molecular formula is C13H17N4O4. The summed E-state index contributed by atoms with van der Waals surface area (Å²) in [6.07, 6.45) is 0.353. The van der Waals surface area contributed by atoms with E-state index in [9.17, 15) is 9.59 Å². The molecule has 8 nitrogen and oxygen atoms in total. The average molecular weight is 293 g/mol. The fourth-order valence-corrected chi connectivity index (χ4v) is 1.24. The molecule has 1 rings (SSSR count). The normalized spacial score (nSPS) is 11.2. The highest BCUT2D eigenvalue weighted by Gasteiger charge is 2.20. The number of carboxylic acid groups (broad SMARTS) is 1. The van der Waals surface area contributed by atoms with Gasteiger partial charge in [0, 0.05) is 20.3 Å². The van der Waals surface area contributed by atoms with Crippen LogP contribution in [0.5, 0.6) is 0 Å². The van der Waals surface area contributed by atoms with Gasteiger partial charge in [0.15, 0.2) is 17.2 Å². The highest BCUT2D eigenvalue weighted by atomic mass is 16.5. The fourth-order valence-electron chi connectivity index (χ4n) is 1.24. The van der Waals surface area contributed by atoms with Crippen LogP contribution in [-0.2, 0) is 14.3 Å². The van der Waals surface area contributed by atoms with Gasteiger partial charge in [0.05, 0.1) is 6.10 Å². The lowest BCUT2D eigenvalue weighted by molar-refractivity contribution is -0.146. The minimum Gasteiger partial charge on any atom is -0.477 e. The van der Waals surface area contributed by atoms with Crippen molar-refractivity contribution < 1.29 is 19.4 Å². The number of aromatic nitrogens is 2. The molecule has 0 aliphatic carbocycles. The van der Waals surface area contributed by atoms with E-state index in [2.05, 4.69) is 22.4 Å². The van der Waals surface area contributed by atoms with Gasteiger partial charge in [-0.15, -0.1) is 10.2 Å². The minimum absolute atomic E-state index is 0.301. The van der Waals surface area contributed by atoms with E-state index in [-0.39, 0.29) is 0 Å². The van der Waals surface area contributed by atoms with E-state index in [1.54, 1.807) is 17.0 Å². The molecule has 1 aromatic rings. The van der Waals surface area contributed by atoms with E-state index in [4.69, 9.17) is 9.84 Å². The average Bonchev–Trinajstić information content (AvgIpc) is 2.38. The predicted molar refractivity (Wildman–Crippen MR) is 76.6 cm³/mol. The lowest BCUT2D eigenvalue weighted by Gasteiger charge is -2.10. The SMILES string of the molecule is [CH2]C(C)OC(=O)C(=CNc1ccc(N(C)C)nn1)C(=O)O. The molecule has 0 amide bonds. The molecule has 0 fully saturated rings. The van der Waals surface area contributed by atoms with Gasteiger partial charge >= 0.3 is 11.9 Å². The second-order valence-corrected chi connectivity index (χ2v) is 4.39. The number of ether oxygens (including phenoxy) is 1. The maximum atomic E-state index is 11.6. The molecule has 1 radical (unpaired) electrons. The lowest BCUT2D eigenvalue weighted by Crippen LogP contribution is -2.20. The smallest absolute Gasteiger partial charge is 0.347 e. The summed E-state index contributed by atoms with van der Waals surface area (Å²) in [6, 6.07) is 3.30. The number of hydrogen-bond acceptors (Lipinski definition) is 7. The molecule has 0 spiro atoms. The number of nitrogens with zero attached hydrogens (tertiary/aromatic N) is 3. The monoisotopic (exact) mass is 293 g/mol. The molecule has 1 atom stereocenters. The van der Waals surface area contributed by atoms with Crippen LogP contribution >= 0.6 is 0 Å². The Morgan fingerprint density at radius 2 is 2.10 bits per heavy atom. The largest absolute Gasteiger partial charge is 0.477 e. The standard InChI is InChI=1S/C13H17N4O4/c1-8(2)21-13(20)9(12(18)19)7-14-10-5-6-11(16-15-10)17(3)4/h5-8H,1H2,2-4H3,(H,14,15)(H,18,19). The molecule has 0 saturated carbocycles. The fraction of sp³-hybridized carbons (Fsp3) is 0.308. The summed E-state index contributed by atoms with van der Waals surface area (Å²) in [6.45, 7) is 4.98. The topological polar surface area (TPSA) is 105 Å². The maximum Gasteiger partial charge on any atom is 0.347 e. The van der Waals surface area contributed by atoms with E-state index in [0.717, 1.165) is 6.20 Å². The number of carbonyl (C=O) groups is 2. The molecule has 21 heavy (non-hydrogen) atoms. The summed E-state index contributed by atoms with van der Waals surface area (Å²) in [4.78, 5) is 24.3. The minimum atomic E-state index is -1.41. The Bertz CT molecular complexity index is 538. The van der Waals surface area contributed by atoms with Crippen molar-refractivity contribution in [2.45, 2.75) is 13.0 Å². The molecule has 8 heteroatoms. The van der Waals surface area contributed by atoms with Crippen LogP contribution < -0.4 is 10.2 Å². The van der Waals surface area contributed by atoms with Crippen LogP contribution in [0.4, 0.5) is 11.6 Å². The van der Waals surface area contributed by atoms with Crippen molar-refractivity contribution in [2.24, 2.45) is 0 Å². The first kappa shape index (κ1) is 16.4. The van der Waals surface area contributed by atoms with E-state index in [1.807, 2.05) is 14.1 Å². The summed E-state index contributed by atoms with van der Waals surface area (Å²) in [5.41, 5.74) is -0.552. The summed E-state index contributed by atoms with van der Waals surface area (Å²) in [5, 5.41) is 19.3. The van der Waals surface area contributed by atoms with Crippen LogP contribution in [0.1, 0.15) is 6.92 Å². The van der Waals surface area contributed by atoms with E-state index in [1.165, 1.54) is 6.92 Å². The van der Waals surface area contributed by atoms with Crippen LogP contribution in [0, 0.1) is 6.92 Å². The molecule has 1 aromatic heterocycles. The van der Waals surface area contributed by atoms with Crippen molar-refractivity contribution in [3.63, 3.8) is 0 Å². The van der Waals surface area contributed by atoms with Crippen molar-refractivity contribution >= 4 is 23.6 Å². The highest BCUT2D eigenvalue weighted by molar-refractivity contribution is 6.13. The Labute approximate surface area is 122 Å². The first-order valence-electron chi connectivity index (χ1n) is 6.06. The Morgan fingerprint density at radius 1 is 1.43 bits per heavy atom. The molecule has 113 valence electrons. The van der Waals surface area contributed by atoms with Gasteiger partial charge in [-0.2, -0.15) is 0 Å². The van der Waals surface area contributed by atoms with Crippen LogP contribution in [0.2, 0.25) is 0 Å². The Balaban J connectivity index is 2.83. The summed E-state index contributed by atoms with van der Waals surface area (Å²) >= 11 is 0. The second-order valence-electron chi connectivity index (χ2n) is 4.39. The van der Waals surface area contributed by atoms with Crippen LogP contribution in [0.25, 0.3) is 0 Å². The number of anilines is 2. The third kappa shape index (κ3) is 5.09. The summed E-state index contributed by atoms with van der Waals surface area (Å²) in [7, 11) is 3.63. The van der Waals surface area contributed by atoms with Crippen LogP contribution in [0.3, 0.4) is 0 Å².